The molecule has 0 spiro atoms. The van der Waals surface area contributed by atoms with Gasteiger partial charge < -0.3 is 10.6 Å². The number of carbonyl (C=O) groups is 1. The molecular weight excluding hydrogens is 340 g/mol. The van der Waals surface area contributed by atoms with E-state index in [9.17, 15) is 4.79 Å². The van der Waals surface area contributed by atoms with Crippen LogP contribution < -0.4 is 5.73 Å². The van der Waals surface area contributed by atoms with Gasteiger partial charge in [0.15, 0.2) is 0 Å². The molecule has 1 aliphatic rings. The second-order valence-corrected chi connectivity index (χ2v) is 6.89. The summed E-state index contributed by atoms with van der Waals surface area (Å²) >= 11 is 0. The van der Waals surface area contributed by atoms with Crippen molar-refractivity contribution in [3.8, 4) is 5.69 Å². The van der Waals surface area contributed by atoms with E-state index in [0.717, 1.165) is 36.3 Å². The van der Waals surface area contributed by atoms with Crippen LogP contribution in [0.2, 0.25) is 0 Å². The average Bonchev–Trinajstić information content (AvgIpc) is 3.18. The summed E-state index contributed by atoms with van der Waals surface area (Å²) in [7, 11) is 0. The number of hydrogen-bond acceptors (Lipinski definition) is 5. The Kier molecular flexibility index (Phi) is 4.58. The van der Waals surface area contributed by atoms with Crippen molar-refractivity contribution in [2.45, 2.75) is 25.7 Å². The van der Waals surface area contributed by atoms with Gasteiger partial charge in [-0.1, -0.05) is 18.2 Å². The summed E-state index contributed by atoms with van der Waals surface area (Å²) < 4.78 is 1.76. The van der Waals surface area contributed by atoms with E-state index < -0.39 is 0 Å². The van der Waals surface area contributed by atoms with Crippen molar-refractivity contribution in [3.63, 3.8) is 0 Å². The number of nitrogen functional groups attached to an aromatic ring is 1. The van der Waals surface area contributed by atoms with Gasteiger partial charge in [0.1, 0.15) is 0 Å². The maximum absolute atomic E-state index is 13.0. The van der Waals surface area contributed by atoms with E-state index >= 15 is 0 Å². The quantitative estimate of drug-likeness (QED) is 0.773. The molecule has 0 bridgehead atoms. The molecule has 27 heavy (non-hydrogen) atoms. The Hall–Kier alpha value is -3.22. The molecule has 1 amide bonds. The number of nitrogens with zero attached hydrogens (tertiary/aromatic N) is 5. The maximum atomic E-state index is 13.0. The highest BCUT2D eigenvalue weighted by Gasteiger charge is 2.27. The second-order valence-electron chi connectivity index (χ2n) is 6.89. The van der Waals surface area contributed by atoms with Gasteiger partial charge in [-0.2, -0.15) is 5.10 Å². The van der Waals surface area contributed by atoms with E-state index in [1.165, 1.54) is 0 Å². The van der Waals surface area contributed by atoms with Crippen molar-refractivity contribution in [2.24, 2.45) is 0 Å². The molecule has 0 saturated carbocycles. The van der Waals surface area contributed by atoms with Gasteiger partial charge in [0.2, 0.25) is 5.95 Å². The number of para-hydroxylation sites is 1. The predicted molar refractivity (Wildman–Crippen MR) is 103 cm³/mol. The van der Waals surface area contributed by atoms with Crippen LogP contribution in [0.3, 0.4) is 0 Å². The third-order valence-electron chi connectivity index (χ3n) is 5.01. The number of amides is 1. The van der Waals surface area contributed by atoms with Crippen LogP contribution in [0.25, 0.3) is 5.69 Å². The molecule has 3 aromatic rings. The molecule has 1 aliphatic heterocycles. The molecule has 3 heterocycles. The number of benzene rings is 1. The zero-order valence-corrected chi connectivity index (χ0v) is 15.2. The standard InChI is InChI=1S/C20H22N6O/c1-14-5-2-3-7-18(14)26-13-16(11-23-26)19(27)25-10-4-6-15(12-25)17-8-9-22-20(21)24-17/h2-3,5,7-9,11,13,15H,4,6,10,12H2,1H3,(H2,21,22,24). The first-order valence-electron chi connectivity index (χ1n) is 9.10. The number of likely N-dealkylation sites (tertiary alicyclic amines) is 1. The SMILES string of the molecule is Cc1ccccc1-n1cc(C(=O)N2CCCC(c3ccnc(N)n3)C2)cn1. The number of nitrogens with two attached hydrogens (primary N) is 1. The molecule has 7 heteroatoms. The Morgan fingerprint density at radius 2 is 2.11 bits per heavy atom. The fourth-order valence-electron chi connectivity index (χ4n) is 3.59. The van der Waals surface area contributed by atoms with Gasteiger partial charge in [0.05, 0.1) is 23.1 Å². The zero-order valence-electron chi connectivity index (χ0n) is 15.2. The molecule has 2 N–H and O–H groups in total. The summed E-state index contributed by atoms with van der Waals surface area (Å²) in [4.78, 5) is 23.1. The van der Waals surface area contributed by atoms with Crippen LogP contribution in [0.5, 0.6) is 0 Å². The smallest absolute Gasteiger partial charge is 0.257 e. The summed E-state index contributed by atoms with van der Waals surface area (Å²) in [6.07, 6.45) is 7.04. The Labute approximate surface area is 157 Å². The third kappa shape index (κ3) is 3.53. The number of hydrogen-bond donors (Lipinski definition) is 1. The lowest BCUT2D eigenvalue weighted by molar-refractivity contribution is 0.0706. The van der Waals surface area contributed by atoms with E-state index in [4.69, 9.17) is 5.73 Å². The van der Waals surface area contributed by atoms with Crippen LogP contribution in [0, 0.1) is 6.92 Å². The minimum Gasteiger partial charge on any atom is -0.368 e. The number of aryl methyl sites for hydroxylation is 1. The van der Waals surface area contributed by atoms with Crippen LogP contribution in [0.4, 0.5) is 5.95 Å². The van der Waals surface area contributed by atoms with E-state index in [1.54, 1.807) is 23.3 Å². The molecule has 138 valence electrons. The maximum Gasteiger partial charge on any atom is 0.257 e. The Bertz CT molecular complexity index is 966. The van der Waals surface area contributed by atoms with Gasteiger partial charge in [-0.25, -0.2) is 14.6 Å². The van der Waals surface area contributed by atoms with E-state index in [0.29, 0.717) is 12.1 Å². The van der Waals surface area contributed by atoms with E-state index in [2.05, 4.69) is 15.1 Å². The largest absolute Gasteiger partial charge is 0.368 e. The van der Waals surface area contributed by atoms with Crippen LogP contribution >= 0.6 is 0 Å². The number of piperidine rings is 1. The van der Waals surface area contributed by atoms with Crippen molar-refractivity contribution >= 4 is 11.9 Å². The lowest BCUT2D eigenvalue weighted by atomic mass is 9.94. The Morgan fingerprint density at radius 1 is 1.26 bits per heavy atom. The lowest BCUT2D eigenvalue weighted by Gasteiger charge is -2.32. The monoisotopic (exact) mass is 362 g/mol. The number of carbonyl (C=O) groups excluding carboxylic acids is 1. The second kappa shape index (κ2) is 7.19. The first-order valence-corrected chi connectivity index (χ1v) is 9.10. The molecule has 1 fully saturated rings. The summed E-state index contributed by atoms with van der Waals surface area (Å²) in [5.41, 5.74) is 9.29. The molecule has 4 rings (SSSR count). The van der Waals surface area contributed by atoms with Crippen molar-refractivity contribution in [1.29, 1.82) is 0 Å². The average molecular weight is 362 g/mol. The van der Waals surface area contributed by atoms with Crippen molar-refractivity contribution in [2.75, 3.05) is 18.8 Å². The summed E-state index contributed by atoms with van der Waals surface area (Å²) in [5, 5.41) is 4.38. The third-order valence-corrected chi connectivity index (χ3v) is 5.01. The van der Waals surface area contributed by atoms with Crippen LogP contribution in [-0.4, -0.2) is 43.6 Å². The Morgan fingerprint density at radius 3 is 2.93 bits per heavy atom. The van der Waals surface area contributed by atoms with Gasteiger partial charge in [-0.3, -0.25) is 4.79 Å². The summed E-state index contributed by atoms with van der Waals surface area (Å²) in [6, 6.07) is 9.86. The van der Waals surface area contributed by atoms with Crippen molar-refractivity contribution in [1.82, 2.24) is 24.6 Å². The minimum atomic E-state index is 0.00145. The van der Waals surface area contributed by atoms with Crippen LogP contribution in [0.15, 0.2) is 48.9 Å². The fourth-order valence-corrected chi connectivity index (χ4v) is 3.59. The zero-order chi connectivity index (χ0) is 18.8. The highest BCUT2D eigenvalue weighted by Crippen LogP contribution is 2.26. The molecule has 7 nitrogen and oxygen atoms in total. The number of aromatic nitrogens is 4. The highest BCUT2D eigenvalue weighted by atomic mass is 16.2. The topological polar surface area (TPSA) is 89.9 Å². The molecule has 1 aromatic carbocycles. The Balaban J connectivity index is 1.52. The van der Waals surface area contributed by atoms with Crippen LogP contribution in [0.1, 0.15) is 40.4 Å². The first-order chi connectivity index (χ1) is 13.1. The van der Waals surface area contributed by atoms with Crippen LogP contribution in [-0.2, 0) is 0 Å². The summed E-state index contributed by atoms with van der Waals surface area (Å²) in [5.74, 6) is 0.455. The lowest BCUT2D eigenvalue weighted by Crippen LogP contribution is -2.39. The van der Waals surface area contributed by atoms with E-state index in [-0.39, 0.29) is 17.8 Å². The number of anilines is 1. The molecule has 2 aromatic heterocycles. The van der Waals surface area contributed by atoms with Crippen molar-refractivity contribution < 1.29 is 4.79 Å². The van der Waals surface area contributed by atoms with Crippen molar-refractivity contribution in [3.05, 3.63) is 65.7 Å². The van der Waals surface area contributed by atoms with Gasteiger partial charge >= 0.3 is 0 Å². The molecule has 0 radical (unpaired) electrons. The first kappa shape index (κ1) is 17.2. The fraction of sp³-hybridized carbons (Fsp3) is 0.300. The van der Waals surface area contributed by atoms with Gasteiger partial charge in [-0.15, -0.1) is 0 Å². The number of rotatable bonds is 3. The van der Waals surface area contributed by atoms with E-state index in [1.807, 2.05) is 42.2 Å². The molecule has 1 atom stereocenters. The minimum absolute atomic E-state index is 0.00145. The molecule has 0 aliphatic carbocycles. The van der Waals surface area contributed by atoms with Gasteiger partial charge in [0.25, 0.3) is 5.91 Å². The van der Waals surface area contributed by atoms with Gasteiger partial charge in [0, 0.05) is 31.4 Å². The molecule has 1 saturated heterocycles. The van der Waals surface area contributed by atoms with Gasteiger partial charge in [-0.05, 0) is 37.5 Å². The molecule has 1 unspecified atom stereocenters. The molecular formula is C20H22N6O. The summed E-state index contributed by atoms with van der Waals surface area (Å²) in [6.45, 7) is 3.40. The predicted octanol–water partition coefficient (Wildman–Crippen LogP) is 2.57. The highest BCUT2D eigenvalue weighted by molar-refractivity contribution is 5.94. The normalized spacial score (nSPS) is 17.1.